The van der Waals surface area contributed by atoms with Crippen LogP contribution in [0.2, 0.25) is 0 Å². The molecular formula is C23H30N6O3. The van der Waals surface area contributed by atoms with Gasteiger partial charge in [0.15, 0.2) is 0 Å². The number of anilines is 2. The average Bonchev–Trinajstić information content (AvgIpc) is 2.84. The fraction of sp³-hybridized carbons (Fsp3) is 0.391. The zero-order chi connectivity index (χ0) is 22.3. The first-order chi connectivity index (χ1) is 15.6. The third-order valence-electron chi connectivity index (χ3n) is 5.67. The molecule has 0 spiro atoms. The number of hydrogen-bond acceptors (Lipinski definition) is 8. The monoisotopic (exact) mass is 438 g/mol. The van der Waals surface area contributed by atoms with E-state index < -0.39 is 6.10 Å². The summed E-state index contributed by atoms with van der Waals surface area (Å²) in [6.07, 6.45) is -0.466. The summed E-state index contributed by atoms with van der Waals surface area (Å²) < 4.78 is 5.48. The maximum atomic E-state index is 11.2. The van der Waals surface area contributed by atoms with Crippen molar-refractivity contribution < 1.29 is 14.6 Å². The van der Waals surface area contributed by atoms with Crippen LogP contribution in [0.4, 0.5) is 11.4 Å². The lowest BCUT2D eigenvalue weighted by Crippen LogP contribution is -2.49. The molecule has 1 amide bonds. The second-order valence-electron chi connectivity index (χ2n) is 7.91. The number of amidine groups is 1. The average molecular weight is 439 g/mol. The number of nitrogens with zero attached hydrogens (tertiary/aromatic N) is 3. The predicted octanol–water partition coefficient (Wildman–Crippen LogP) is 0.671. The number of amides is 1. The van der Waals surface area contributed by atoms with Crippen molar-refractivity contribution >= 4 is 23.1 Å². The number of β-amino-alcohol motifs (C(OH)–C–C–N with tert-alkyl or cyclic N) is 1. The number of hydrogen-bond donors (Lipinski definition) is 4. The standard InChI is InChI=1S/C23H30N6O3/c1-32-21-5-3-2-4-20(21)29-12-10-28(11-13-29)16-19(30)14-24-18-8-6-17(7-9-18)23-25-15-22(31)26-27-23/h2-9,19,24,30H,10-16H2,1H3,(H,25,27)(H,26,31). The van der Waals surface area contributed by atoms with Crippen LogP contribution < -0.4 is 25.8 Å². The van der Waals surface area contributed by atoms with Crippen molar-refractivity contribution in [1.29, 1.82) is 0 Å². The number of para-hydroxylation sites is 2. The van der Waals surface area contributed by atoms with Crippen molar-refractivity contribution in [3.8, 4) is 5.75 Å². The van der Waals surface area contributed by atoms with Crippen molar-refractivity contribution in [2.24, 2.45) is 4.99 Å². The molecule has 1 saturated heterocycles. The van der Waals surface area contributed by atoms with Gasteiger partial charge in [0.1, 0.15) is 18.1 Å². The van der Waals surface area contributed by atoms with Crippen LogP contribution in [0.25, 0.3) is 0 Å². The number of carbonyl (C=O) groups excluding carboxylic acids is 1. The minimum absolute atomic E-state index is 0.127. The van der Waals surface area contributed by atoms with E-state index in [1.54, 1.807) is 7.11 Å². The molecule has 2 aliphatic rings. The lowest BCUT2D eigenvalue weighted by atomic mass is 10.1. The van der Waals surface area contributed by atoms with Crippen molar-refractivity contribution in [2.45, 2.75) is 6.10 Å². The summed E-state index contributed by atoms with van der Waals surface area (Å²) >= 11 is 0. The van der Waals surface area contributed by atoms with Gasteiger partial charge in [0.2, 0.25) is 0 Å². The van der Waals surface area contributed by atoms with E-state index in [0.717, 1.165) is 48.9 Å². The minimum atomic E-state index is -0.466. The summed E-state index contributed by atoms with van der Waals surface area (Å²) in [5.74, 6) is 1.39. The number of aliphatic hydroxyl groups is 1. The molecule has 0 saturated carbocycles. The van der Waals surface area contributed by atoms with Crippen LogP contribution in [0, 0.1) is 0 Å². The van der Waals surface area contributed by atoms with Gasteiger partial charge in [0.05, 0.1) is 18.9 Å². The molecule has 32 heavy (non-hydrogen) atoms. The van der Waals surface area contributed by atoms with Crippen LogP contribution in [0.1, 0.15) is 5.56 Å². The molecular weight excluding hydrogens is 408 g/mol. The van der Waals surface area contributed by atoms with Gasteiger partial charge in [-0.2, -0.15) is 0 Å². The number of nitrogens with one attached hydrogen (secondary N) is 3. The van der Waals surface area contributed by atoms with Crippen LogP contribution in [-0.2, 0) is 4.79 Å². The smallest absolute Gasteiger partial charge is 0.260 e. The topological polar surface area (TPSA) is 101 Å². The van der Waals surface area contributed by atoms with Crippen molar-refractivity contribution in [2.75, 3.05) is 63.1 Å². The van der Waals surface area contributed by atoms with E-state index in [4.69, 9.17) is 4.74 Å². The third kappa shape index (κ3) is 5.49. The van der Waals surface area contributed by atoms with E-state index in [9.17, 15) is 9.90 Å². The molecule has 0 aliphatic carbocycles. The Kier molecular flexibility index (Phi) is 7.08. The Morgan fingerprint density at radius 2 is 1.84 bits per heavy atom. The second kappa shape index (κ2) is 10.3. The first-order valence-electron chi connectivity index (χ1n) is 10.8. The van der Waals surface area contributed by atoms with Gasteiger partial charge in [-0.05, 0) is 36.4 Å². The maximum Gasteiger partial charge on any atom is 0.260 e. The normalized spacial score (nSPS) is 17.8. The highest BCUT2D eigenvalue weighted by atomic mass is 16.5. The molecule has 2 aromatic carbocycles. The van der Waals surface area contributed by atoms with Gasteiger partial charge in [-0.15, -0.1) is 0 Å². The molecule has 2 aromatic rings. The van der Waals surface area contributed by atoms with E-state index >= 15 is 0 Å². The minimum Gasteiger partial charge on any atom is -0.495 e. The molecule has 1 unspecified atom stereocenters. The molecule has 2 aliphatic heterocycles. The van der Waals surface area contributed by atoms with Gasteiger partial charge in [-0.25, -0.2) is 0 Å². The van der Waals surface area contributed by atoms with E-state index in [-0.39, 0.29) is 12.5 Å². The lowest BCUT2D eigenvalue weighted by molar-refractivity contribution is -0.120. The Bertz CT molecular complexity index is 941. The van der Waals surface area contributed by atoms with E-state index in [1.807, 2.05) is 42.5 Å². The maximum absolute atomic E-state index is 11.2. The fourth-order valence-electron chi connectivity index (χ4n) is 3.93. The van der Waals surface area contributed by atoms with Crippen molar-refractivity contribution in [3.63, 3.8) is 0 Å². The number of methoxy groups -OCH3 is 1. The number of hydrazine groups is 1. The Morgan fingerprint density at radius 3 is 2.53 bits per heavy atom. The highest BCUT2D eigenvalue weighted by molar-refractivity contribution is 6.02. The molecule has 1 fully saturated rings. The Morgan fingerprint density at radius 1 is 1.09 bits per heavy atom. The van der Waals surface area contributed by atoms with E-state index in [2.05, 4.69) is 37.0 Å². The summed E-state index contributed by atoms with van der Waals surface area (Å²) in [5.41, 5.74) is 8.29. The second-order valence-corrected chi connectivity index (χ2v) is 7.91. The highest BCUT2D eigenvalue weighted by Gasteiger charge is 2.21. The van der Waals surface area contributed by atoms with Crippen LogP contribution in [0.15, 0.2) is 53.5 Å². The molecule has 0 bridgehead atoms. The number of carbonyl (C=O) groups is 1. The molecule has 170 valence electrons. The molecule has 9 nitrogen and oxygen atoms in total. The zero-order valence-corrected chi connectivity index (χ0v) is 18.3. The number of ether oxygens (including phenoxy) is 1. The van der Waals surface area contributed by atoms with Crippen LogP contribution >= 0.6 is 0 Å². The predicted molar refractivity (Wildman–Crippen MR) is 125 cm³/mol. The van der Waals surface area contributed by atoms with Crippen molar-refractivity contribution in [1.82, 2.24) is 15.8 Å². The summed E-state index contributed by atoms with van der Waals surface area (Å²) in [6, 6.07) is 15.8. The lowest BCUT2D eigenvalue weighted by Gasteiger charge is -2.37. The summed E-state index contributed by atoms with van der Waals surface area (Å²) in [5, 5.41) is 13.8. The van der Waals surface area contributed by atoms with Gasteiger partial charge < -0.3 is 20.1 Å². The molecule has 4 rings (SSSR count). The summed E-state index contributed by atoms with van der Waals surface area (Å²) in [4.78, 5) is 20.0. The molecule has 0 aromatic heterocycles. The van der Waals surface area contributed by atoms with Gasteiger partial charge >= 0.3 is 0 Å². The first kappa shape index (κ1) is 21.9. The molecule has 4 N–H and O–H groups in total. The van der Waals surface area contributed by atoms with Crippen molar-refractivity contribution in [3.05, 3.63) is 54.1 Å². The Labute approximate surface area is 188 Å². The number of aliphatic hydroxyl groups excluding tert-OH is 1. The van der Waals surface area contributed by atoms with Gasteiger partial charge in [-0.1, -0.05) is 12.1 Å². The third-order valence-corrected chi connectivity index (χ3v) is 5.67. The molecule has 2 heterocycles. The largest absolute Gasteiger partial charge is 0.495 e. The first-order valence-corrected chi connectivity index (χ1v) is 10.8. The number of benzene rings is 2. The van der Waals surface area contributed by atoms with Crippen LogP contribution in [0.3, 0.4) is 0 Å². The number of aliphatic imine (C=N–C) groups is 1. The van der Waals surface area contributed by atoms with Crippen LogP contribution in [-0.4, -0.2) is 80.8 Å². The van der Waals surface area contributed by atoms with E-state index in [1.165, 1.54) is 0 Å². The quantitative estimate of drug-likeness (QED) is 0.481. The number of piperazine rings is 1. The molecule has 9 heteroatoms. The Hall–Kier alpha value is -3.30. The van der Waals surface area contributed by atoms with E-state index in [0.29, 0.717) is 18.9 Å². The fourth-order valence-corrected chi connectivity index (χ4v) is 3.93. The van der Waals surface area contributed by atoms with Gasteiger partial charge in [-0.3, -0.25) is 25.5 Å². The van der Waals surface area contributed by atoms with Crippen LogP contribution in [0.5, 0.6) is 5.75 Å². The summed E-state index contributed by atoms with van der Waals surface area (Å²) in [7, 11) is 1.70. The molecule has 1 atom stereocenters. The van der Waals surface area contributed by atoms with Gasteiger partial charge in [0.25, 0.3) is 5.91 Å². The SMILES string of the molecule is COc1ccccc1N1CCN(CC(O)CNc2ccc(C3=NCC(=O)NN3)cc2)CC1. The number of rotatable bonds is 8. The highest BCUT2D eigenvalue weighted by Crippen LogP contribution is 2.28. The van der Waals surface area contributed by atoms with Gasteiger partial charge in [0, 0.05) is 50.5 Å². The molecule has 0 radical (unpaired) electrons. The summed E-state index contributed by atoms with van der Waals surface area (Å²) in [6.45, 7) is 4.83. The Balaban J connectivity index is 1.21. The zero-order valence-electron chi connectivity index (χ0n) is 18.3.